The number of aromatic amines is 1. The number of aliphatic hydroxyl groups excluding tert-OH is 1. The third kappa shape index (κ3) is 2.24. The molecule has 4 heterocycles. The summed E-state index contributed by atoms with van der Waals surface area (Å²) >= 11 is 0. The van der Waals surface area contributed by atoms with Crippen molar-refractivity contribution in [2.45, 2.75) is 38.3 Å². The number of nitrogens with zero attached hydrogens (tertiary/aromatic N) is 1. The number of para-hydroxylation sites is 1. The van der Waals surface area contributed by atoms with Gasteiger partial charge in [0.15, 0.2) is 6.20 Å². The van der Waals surface area contributed by atoms with E-state index in [0.29, 0.717) is 0 Å². The molecule has 2 aromatic rings. The maximum atomic E-state index is 11.1. The maximum Gasteiger partial charge on any atom is 0.211 e. The molecule has 0 radical (unpaired) electrons. The van der Waals surface area contributed by atoms with E-state index >= 15 is 0 Å². The molecule has 3 heteroatoms. The van der Waals surface area contributed by atoms with Gasteiger partial charge in [0.05, 0.1) is 11.5 Å². The Kier molecular flexibility index (Phi) is 3.63. The molecular weight excluding hydrogens is 272 g/mol. The second-order valence-electron chi connectivity index (χ2n) is 6.94. The molecule has 22 heavy (non-hydrogen) atoms. The number of aromatic nitrogens is 1. The lowest BCUT2D eigenvalue weighted by Crippen LogP contribution is -2.55. The van der Waals surface area contributed by atoms with Gasteiger partial charge in [-0.2, -0.15) is 0 Å². The van der Waals surface area contributed by atoms with E-state index < -0.39 is 0 Å². The number of rotatable bonds is 3. The molecule has 0 saturated carbocycles. The Morgan fingerprint density at radius 1 is 1.32 bits per heavy atom. The van der Waals surface area contributed by atoms with Gasteiger partial charge >= 0.3 is 0 Å². The summed E-state index contributed by atoms with van der Waals surface area (Å²) < 4.78 is 0. The second-order valence-corrected chi connectivity index (χ2v) is 6.94. The van der Waals surface area contributed by atoms with Gasteiger partial charge in [-0.3, -0.25) is 4.90 Å². The van der Waals surface area contributed by atoms with Crippen LogP contribution in [0.1, 0.15) is 37.9 Å². The van der Waals surface area contributed by atoms with Gasteiger partial charge in [0.25, 0.3) is 0 Å². The van der Waals surface area contributed by atoms with Crippen LogP contribution in [0.3, 0.4) is 0 Å². The van der Waals surface area contributed by atoms with Crippen molar-refractivity contribution in [3.05, 3.63) is 42.1 Å². The third-order valence-corrected chi connectivity index (χ3v) is 5.88. The van der Waals surface area contributed by atoms with E-state index in [1.165, 1.54) is 19.4 Å². The molecule has 1 aromatic heterocycles. The number of aliphatic hydroxyl groups is 1. The van der Waals surface area contributed by atoms with Crippen molar-refractivity contribution in [1.82, 2.24) is 4.90 Å². The van der Waals surface area contributed by atoms with Crippen LogP contribution in [0, 0.1) is 11.8 Å². The fourth-order valence-corrected chi connectivity index (χ4v) is 4.61. The van der Waals surface area contributed by atoms with Crippen LogP contribution >= 0.6 is 0 Å². The van der Waals surface area contributed by atoms with E-state index in [-0.39, 0.29) is 12.1 Å². The van der Waals surface area contributed by atoms with Crippen LogP contribution in [0.25, 0.3) is 10.9 Å². The minimum atomic E-state index is -0.389. The van der Waals surface area contributed by atoms with Crippen molar-refractivity contribution in [3.63, 3.8) is 0 Å². The highest BCUT2D eigenvalue weighted by Gasteiger charge is 2.42. The molecule has 3 aliphatic heterocycles. The summed E-state index contributed by atoms with van der Waals surface area (Å²) in [4.78, 5) is 5.81. The van der Waals surface area contributed by atoms with Crippen LogP contribution in [0.4, 0.5) is 0 Å². The zero-order chi connectivity index (χ0) is 15.1. The smallest absolute Gasteiger partial charge is 0.211 e. The van der Waals surface area contributed by atoms with Gasteiger partial charge in [0.1, 0.15) is 0 Å². The molecular formula is C19H25N2O+. The highest BCUT2D eigenvalue weighted by Crippen LogP contribution is 2.42. The number of pyridine rings is 1. The van der Waals surface area contributed by atoms with E-state index in [9.17, 15) is 5.11 Å². The average molecular weight is 297 g/mol. The van der Waals surface area contributed by atoms with E-state index in [0.717, 1.165) is 41.3 Å². The predicted molar refractivity (Wildman–Crippen MR) is 87.3 cm³/mol. The van der Waals surface area contributed by atoms with Gasteiger partial charge in [-0.25, -0.2) is 4.98 Å². The predicted octanol–water partition coefficient (Wildman–Crippen LogP) is 2.81. The summed E-state index contributed by atoms with van der Waals surface area (Å²) in [6, 6.07) is 10.6. The highest BCUT2D eigenvalue weighted by atomic mass is 16.3. The molecule has 1 aromatic carbocycles. The van der Waals surface area contributed by atoms with E-state index in [1.807, 2.05) is 24.4 Å². The first-order chi connectivity index (χ1) is 10.8. The lowest BCUT2D eigenvalue weighted by molar-refractivity contribution is -0.344. The molecule has 116 valence electrons. The molecule has 3 aliphatic rings. The monoisotopic (exact) mass is 297 g/mol. The Morgan fingerprint density at radius 2 is 2.18 bits per heavy atom. The first-order valence-electron chi connectivity index (χ1n) is 8.59. The second kappa shape index (κ2) is 5.64. The van der Waals surface area contributed by atoms with Crippen molar-refractivity contribution in [1.29, 1.82) is 0 Å². The fraction of sp³-hybridized carbons (Fsp3) is 0.526. The van der Waals surface area contributed by atoms with E-state index in [2.05, 4.69) is 28.9 Å². The number of hydrogen-bond acceptors (Lipinski definition) is 2. The Labute approximate surface area is 132 Å². The van der Waals surface area contributed by atoms with Gasteiger partial charge in [-0.1, -0.05) is 25.5 Å². The summed E-state index contributed by atoms with van der Waals surface area (Å²) in [6.07, 6.45) is 5.29. The SMILES string of the molecule is CCC1CN2CCC1CC2C(O)c1cc[nH+]c2ccccc12. The van der Waals surface area contributed by atoms with Crippen molar-refractivity contribution in [2.24, 2.45) is 11.8 Å². The van der Waals surface area contributed by atoms with Crippen LogP contribution in [0.5, 0.6) is 0 Å². The summed E-state index contributed by atoms with van der Waals surface area (Å²) in [5, 5.41) is 12.2. The Balaban J connectivity index is 1.66. The van der Waals surface area contributed by atoms with Crippen LogP contribution in [-0.4, -0.2) is 29.1 Å². The molecule has 0 spiro atoms. The van der Waals surface area contributed by atoms with Crippen molar-refractivity contribution >= 4 is 10.9 Å². The molecule has 5 atom stereocenters. The van der Waals surface area contributed by atoms with Crippen LogP contribution in [-0.2, 0) is 0 Å². The lowest BCUT2D eigenvalue weighted by atomic mass is 9.72. The van der Waals surface area contributed by atoms with Crippen molar-refractivity contribution < 1.29 is 10.1 Å². The molecule has 3 nitrogen and oxygen atoms in total. The first-order valence-corrected chi connectivity index (χ1v) is 8.59. The molecule has 3 fully saturated rings. The quantitative estimate of drug-likeness (QED) is 0.946. The zero-order valence-corrected chi connectivity index (χ0v) is 13.2. The summed E-state index contributed by atoms with van der Waals surface area (Å²) in [5.41, 5.74) is 2.17. The maximum absolute atomic E-state index is 11.1. The Hall–Kier alpha value is -1.45. The number of nitrogens with one attached hydrogen (secondary N) is 1. The van der Waals surface area contributed by atoms with Gasteiger partial charge in [-0.15, -0.1) is 0 Å². The van der Waals surface area contributed by atoms with Gasteiger partial charge in [0.2, 0.25) is 5.52 Å². The highest BCUT2D eigenvalue weighted by molar-refractivity contribution is 5.79. The molecule has 5 unspecified atom stereocenters. The van der Waals surface area contributed by atoms with Crippen LogP contribution in [0.2, 0.25) is 0 Å². The number of H-pyrrole nitrogens is 1. The molecule has 0 aliphatic carbocycles. The summed E-state index contributed by atoms with van der Waals surface area (Å²) in [6.45, 7) is 4.62. The normalized spacial score (nSPS) is 32.3. The van der Waals surface area contributed by atoms with Gasteiger partial charge in [-0.05, 0) is 37.3 Å². The van der Waals surface area contributed by atoms with E-state index in [4.69, 9.17) is 0 Å². The van der Waals surface area contributed by atoms with Crippen molar-refractivity contribution in [3.8, 4) is 0 Å². The lowest BCUT2D eigenvalue weighted by Gasteiger charge is -2.51. The molecule has 2 N–H and O–H groups in total. The molecule has 2 bridgehead atoms. The standard InChI is InChI=1S/C19H24N2O/c1-2-13-12-21-10-8-14(13)11-18(21)19(22)16-7-9-20-17-6-4-3-5-15(16)17/h3-7,9,13-14,18-19,22H,2,8,10-12H2,1H3/p+1. The Bertz CT molecular complexity index is 666. The molecule has 5 rings (SSSR count). The summed E-state index contributed by atoms with van der Waals surface area (Å²) in [7, 11) is 0. The summed E-state index contributed by atoms with van der Waals surface area (Å²) in [5.74, 6) is 1.63. The minimum absolute atomic E-state index is 0.285. The van der Waals surface area contributed by atoms with Crippen LogP contribution in [0.15, 0.2) is 36.5 Å². The molecule has 3 saturated heterocycles. The van der Waals surface area contributed by atoms with E-state index in [1.54, 1.807) is 0 Å². The third-order valence-electron chi connectivity index (χ3n) is 5.88. The number of benzene rings is 1. The van der Waals surface area contributed by atoms with Crippen LogP contribution < -0.4 is 4.98 Å². The Morgan fingerprint density at radius 3 is 2.95 bits per heavy atom. The largest absolute Gasteiger partial charge is 0.387 e. The number of piperidine rings is 3. The number of fused-ring (bicyclic) bond motifs is 4. The number of hydrogen-bond donors (Lipinski definition) is 1. The van der Waals surface area contributed by atoms with Crippen molar-refractivity contribution in [2.75, 3.05) is 13.1 Å². The first kappa shape index (κ1) is 14.2. The fourth-order valence-electron chi connectivity index (χ4n) is 4.61. The van der Waals surface area contributed by atoms with Gasteiger partial charge < -0.3 is 5.11 Å². The van der Waals surface area contributed by atoms with Gasteiger partial charge in [0, 0.05) is 30.3 Å². The molecule has 0 amide bonds. The average Bonchev–Trinajstić information content (AvgIpc) is 2.60. The minimum Gasteiger partial charge on any atom is -0.387 e. The topological polar surface area (TPSA) is 37.6 Å². The zero-order valence-electron chi connectivity index (χ0n) is 13.2.